The summed E-state index contributed by atoms with van der Waals surface area (Å²) in [7, 11) is 0. The molecule has 1 saturated carbocycles. The number of carbonyl (C=O) groups excluding carboxylic acids is 1. The summed E-state index contributed by atoms with van der Waals surface area (Å²) in [5.41, 5.74) is 8.42. The summed E-state index contributed by atoms with van der Waals surface area (Å²) < 4.78 is 0. The number of amides is 1. The fraction of sp³-hybridized carbons (Fsp3) is 0.533. The molecule has 2 rings (SSSR count). The Balaban J connectivity index is 1.98. The first-order chi connectivity index (χ1) is 8.56. The summed E-state index contributed by atoms with van der Waals surface area (Å²) in [6, 6.07) is 5.47. The highest BCUT2D eigenvalue weighted by Crippen LogP contribution is 2.48. The standard InChI is InChI=1S/C15H22N2O/c1-3-6-15(7-8-15)10-17-14(18)13-9-12(16)5-4-11(13)2/h4-5,9H,3,6-8,10,16H2,1-2H3,(H,17,18). The molecule has 0 bridgehead atoms. The zero-order chi connectivity index (χ0) is 13.2. The van der Waals surface area contributed by atoms with Crippen molar-refractivity contribution in [2.75, 3.05) is 12.3 Å². The van der Waals surface area contributed by atoms with Gasteiger partial charge in [-0.2, -0.15) is 0 Å². The van der Waals surface area contributed by atoms with Crippen molar-refractivity contribution in [2.45, 2.75) is 39.5 Å². The van der Waals surface area contributed by atoms with Crippen LogP contribution in [0, 0.1) is 12.3 Å². The Hall–Kier alpha value is -1.51. The van der Waals surface area contributed by atoms with Gasteiger partial charge in [-0.25, -0.2) is 0 Å². The van der Waals surface area contributed by atoms with Crippen LogP contribution in [0.3, 0.4) is 0 Å². The molecule has 0 aromatic heterocycles. The largest absolute Gasteiger partial charge is 0.399 e. The Morgan fingerprint density at radius 3 is 2.78 bits per heavy atom. The van der Waals surface area contributed by atoms with Crippen molar-refractivity contribution in [1.82, 2.24) is 5.32 Å². The third kappa shape index (κ3) is 2.84. The molecule has 1 fully saturated rings. The monoisotopic (exact) mass is 246 g/mol. The molecule has 98 valence electrons. The maximum atomic E-state index is 12.1. The molecule has 1 amide bonds. The van der Waals surface area contributed by atoms with Crippen LogP contribution in [0.1, 0.15) is 48.5 Å². The molecular formula is C15H22N2O. The number of anilines is 1. The molecule has 0 unspecified atom stereocenters. The summed E-state index contributed by atoms with van der Waals surface area (Å²) >= 11 is 0. The second-order valence-corrected chi connectivity index (χ2v) is 5.51. The average Bonchev–Trinajstić information content (AvgIpc) is 3.10. The van der Waals surface area contributed by atoms with Gasteiger partial charge in [-0.15, -0.1) is 0 Å². The Morgan fingerprint density at radius 1 is 1.44 bits per heavy atom. The van der Waals surface area contributed by atoms with E-state index in [2.05, 4.69) is 12.2 Å². The third-order valence-electron chi connectivity index (χ3n) is 3.87. The normalized spacial score (nSPS) is 16.3. The quantitative estimate of drug-likeness (QED) is 0.785. The maximum absolute atomic E-state index is 12.1. The molecule has 3 N–H and O–H groups in total. The van der Waals surface area contributed by atoms with E-state index in [0.717, 1.165) is 12.1 Å². The van der Waals surface area contributed by atoms with E-state index in [-0.39, 0.29) is 5.91 Å². The predicted molar refractivity (Wildman–Crippen MR) is 74.5 cm³/mol. The Morgan fingerprint density at radius 2 is 2.17 bits per heavy atom. The van der Waals surface area contributed by atoms with E-state index in [1.165, 1.54) is 25.7 Å². The van der Waals surface area contributed by atoms with Gasteiger partial charge in [-0.3, -0.25) is 4.79 Å². The minimum absolute atomic E-state index is 0.00202. The van der Waals surface area contributed by atoms with Crippen molar-refractivity contribution in [1.29, 1.82) is 0 Å². The molecule has 0 aliphatic heterocycles. The number of nitrogen functional groups attached to an aromatic ring is 1. The highest BCUT2D eigenvalue weighted by Gasteiger charge is 2.41. The molecule has 1 aliphatic carbocycles. The fourth-order valence-corrected chi connectivity index (χ4v) is 2.47. The van der Waals surface area contributed by atoms with Crippen molar-refractivity contribution in [3.63, 3.8) is 0 Å². The van der Waals surface area contributed by atoms with Crippen LogP contribution in [0.15, 0.2) is 18.2 Å². The molecule has 1 aromatic rings. The van der Waals surface area contributed by atoms with Gasteiger partial charge >= 0.3 is 0 Å². The van der Waals surface area contributed by atoms with E-state index in [1.807, 2.05) is 19.1 Å². The topological polar surface area (TPSA) is 55.1 Å². The van der Waals surface area contributed by atoms with Gasteiger partial charge in [0.15, 0.2) is 0 Å². The second kappa shape index (κ2) is 5.01. The van der Waals surface area contributed by atoms with Gasteiger partial charge in [0.25, 0.3) is 5.91 Å². The van der Waals surface area contributed by atoms with Crippen LogP contribution in [0.25, 0.3) is 0 Å². The molecular weight excluding hydrogens is 224 g/mol. The first-order valence-electron chi connectivity index (χ1n) is 6.71. The van der Waals surface area contributed by atoms with Gasteiger partial charge in [0, 0.05) is 17.8 Å². The maximum Gasteiger partial charge on any atom is 0.251 e. The number of benzene rings is 1. The molecule has 18 heavy (non-hydrogen) atoms. The number of rotatable bonds is 5. The molecule has 1 aromatic carbocycles. The highest BCUT2D eigenvalue weighted by atomic mass is 16.1. The summed E-state index contributed by atoms with van der Waals surface area (Å²) in [6.45, 7) is 4.94. The third-order valence-corrected chi connectivity index (χ3v) is 3.87. The number of carbonyl (C=O) groups is 1. The van der Waals surface area contributed by atoms with E-state index >= 15 is 0 Å². The van der Waals surface area contributed by atoms with Crippen molar-refractivity contribution >= 4 is 11.6 Å². The van der Waals surface area contributed by atoms with Crippen LogP contribution in [0.4, 0.5) is 5.69 Å². The Kier molecular flexibility index (Phi) is 3.60. The lowest BCUT2D eigenvalue weighted by Gasteiger charge is -2.15. The van der Waals surface area contributed by atoms with Gasteiger partial charge in [-0.1, -0.05) is 19.4 Å². The Labute approximate surface area is 109 Å². The lowest BCUT2D eigenvalue weighted by atomic mass is 10.0. The van der Waals surface area contributed by atoms with E-state index in [9.17, 15) is 4.79 Å². The molecule has 0 heterocycles. The van der Waals surface area contributed by atoms with Crippen LogP contribution in [-0.2, 0) is 0 Å². The number of nitrogens with two attached hydrogens (primary N) is 1. The minimum Gasteiger partial charge on any atom is -0.399 e. The van der Waals surface area contributed by atoms with Crippen molar-refractivity contribution in [3.05, 3.63) is 29.3 Å². The second-order valence-electron chi connectivity index (χ2n) is 5.51. The first kappa shape index (κ1) is 12.9. The lowest BCUT2D eigenvalue weighted by molar-refractivity contribution is 0.0943. The van der Waals surface area contributed by atoms with Crippen LogP contribution in [0.2, 0.25) is 0 Å². The van der Waals surface area contributed by atoms with Crippen molar-refractivity contribution in [3.8, 4) is 0 Å². The average molecular weight is 246 g/mol. The molecule has 3 heteroatoms. The number of hydrogen-bond acceptors (Lipinski definition) is 2. The fourth-order valence-electron chi connectivity index (χ4n) is 2.47. The summed E-state index contributed by atoms with van der Waals surface area (Å²) in [6.07, 6.45) is 4.89. The number of hydrogen-bond donors (Lipinski definition) is 2. The van der Waals surface area contributed by atoms with E-state index in [1.54, 1.807) is 6.07 Å². The van der Waals surface area contributed by atoms with E-state index in [0.29, 0.717) is 16.7 Å². The molecule has 0 radical (unpaired) electrons. The number of aryl methyl sites for hydroxylation is 1. The summed E-state index contributed by atoms with van der Waals surface area (Å²) in [5, 5.41) is 3.06. The molecule has 0 spiro atoms. The summed E-state index contributed by atoms with van der Waals surface area (Å²) in [5.74, 6) is 0.00202. The van der Waals surface area contributed by atoms with E-state index < -0.39 is 0 Å². The van der Waals surface area contributed by atoms with Gasteiger partial charge in [0.2, 0.25) is 0 Å². The zero-order valence-corrected chi connectivity index (χ0v) is 11.3. The predicted octanol–water partition coefficient (Wildman–Crippen LogP) is 2.89. The van der Waals surface area contributed by atoms with E-state index in [4.69, 9.17) is 5.73 Å². The minimum atomic E-state index is 0.00202. The molecule has 0 saturated heterocycles. The molecule has 3 nitrogen and oxygen atoms in total. The highest BCUT2D eigenvalue weighted by molar-refractivity contribution is 5.96. The summed E-state index contributed by atoms with van der Waals surface area (Å²) in [4.78, 5) is 12.1. The molecule has 0 atom stereocenters. The van der Waals surface area contributed by atoms with Gasteiger partial charge < -0.3 is 11.1 Å². The van der Waals surface area contributed by atoms with Crippen molar-refractivity contribution in [2.24, 2.45) is 5.41 Å². The van der Waals surface area contributed by atoms with Gasteiger partial charge in [-0.05, 0) is 49.3 Å². The smallest absolute Gasteiger partial charge is 0.251 e. The van der Waals surface area contributed by atoms with Crippen molar-refractivity contribution < 1.29 is 4.79 Å². The lowest BCUT2D eigenvalue weighted by Crippen LogP contribution is -2.30. The zero-order valence-electron chi connectivity index (χ0n) is 11.3. The van der Waals surface area contributed by atoms with Gasteiger partial charge in [0.1, 0.15) is 0 Å². The Bertz CT molecular complexity index is 450. The van der Waals surface area contributed by atoms with Crippen LogP contribution < -0.4 is 11.1 Å². The first-order valence-corrected chi connectivity index (χ1v) is 6.71. The van der Waals surface area contributed by atoms with Gasteiger partial charge in [0.05, 0.1) is 0 Å². The van der Waals surface area contributed by atoms with Crippen LogP contribution >= 0.6 is 0 Å². The molecule has 1 aliphatic rings. The SMILES string of the molecule is CCCC1(CNC(=O)c2cc(N)ccc2C)CC1. The van der Waals surface area contributed by atoms with Crippen LogP contribution in [0.5, 0.6) is 0 Å². The number of nitrogens with one attached hydrogen (secondary N) is 1. The van der Waals surface area contributed by atoms with Crippen LogP contribution in [-0.4, -0.2) is 12.5 Å².